The first kappa shape index (κ1) is 16.1. The Bertz CT molecular complexity index is 445. The quantitative estimate of drug-likeness (QED) is 0.618. The number of primary amides is 1. The van der Waals surface area contributed by atoms with Gasteiger partial charge in [-0.05, 0) is 39.0 Å². The first-order valence-corrected chi connectivity index (χ1v) is 8.21. The zero-order valence-electron chi connectivity index (χ0n) is 12.3. The van der Waals surface area contributed by atoms with Crippen LogP contribution in [0.3, 0.4) is 0 Å². The average Bonchev–Trinajstić information content (AvgIpc) is 2.82. The van der Waals surface area contributed by atoms with E-state index in [2.05, 4.69) is 10.6 Å². The number of nitrogens with one attached hydrogen (secondary N) is 2. The van der Waals surface area contributed by atoms with Gasteiger partial charge in [0.05, 0.1) is 11.4 Å². The van der Waals surface area contributed by atoms with E-state index in [1.54, 1.807) is 30.6 Å². The van der Waals surface area contributed by atoms with Gasteiger partial charge in [0, 0.05) is 0 Å². The number of rotatable bonds is 4. The Morgan fingerprint density at radius 3 is 2.71 bits per heavy atom. The molecule has 0 aromatic carbocycles. The molecular weight excluding hydrogens is 292 g/mol. The van der Waals surface area contributed by atoms with Crippen molar-refractivity contribution in [3.63, 3.8) is 0 Å². The molecular formula is C13H22N4O3S. The van der Waals surface area contributed by atoms with Crippen molar-refractivity contribution in [2.45, 2.75) is 49.7 Å². The number of amides is 3. The summed E-state index contributed by atoms with van der Waals surface area (Å²) in [4.78, 5) is 37.7. The topological polar surface area (TPSA) is 105 Å². The number of likely N-dealkylation sites (N-methyl/N-ethyl adjacent to an activating group) is 1. The van der Waals surface area contributed by atoms with Gasteiger partial charge >= 0.3 is 0 Å². The number of nitrogens with two attached hydrogens (primary N) is 1. The number of carbonyl (C=O) groups is 3. The fourth-order valence-electron chi connectivity index (χ4n) is 2.70. The van der Waals surface area contributed by atoms with E-state index in [0.29, 0.717) is 12.8 Å². The summed E-state index contributed by atoms with van der Waals surface area (Å²) in [6.07, 6.45) is 1.95. The maximum Gasteiger partial charge on any atom is 0.246 e. The lowest BCUT2D eigenvalue weighted by Crippen LogP contribution is -2.55. The molecule has 4 N–H and O–H groups in total. The molecule has 118 valence electrons. The molecule has 0 aliphatic carbocycles. The Morgan fingerprint density at radius 2 is 2.10 bits per heavy atom. The summed E-state index contributed by atoms with van der Waals surface area (Å²) in [5, 5.41) is 5.61. The van der Waals surface area contributed by atoms with Crippen LogP contribution in [0.5, 0.6) is 0 Å². The molecule has 2 aliphatic rings. The molecule has 2 saturated heterocycles. The lowest BCUT2D eigenvalue weighted by Gasteiger charge is -2.29. The summed E-state index contributed by atoms with van der Waals surface area (Å²) in [7, 11) is 1.69. The SMILES string of the molecule is CNC(C)C(=O)NC1CCSC2CCC(C(N)=O)N2C1=O. The summed E-state index contributed by atoms with van der Waals surface area (Å²) >= 11 is 1.65. The van der Waals surface area contributed by atoms with E-state index in [0.717, 1.165) is 12.2 Å². The van der Waals surface area contributed by atoms with Crippen LogP contribution in [0.2, 0.25) is 0 Å². The van der Waals surface area contributed by atoms with Crippen molar-refractivity contribution in [1.82, 2.24) is 15.5 Å². The van der Waals surface area contributed by atoms with Crippen molar-refractivity contribution in [3.05, 3.63) is 0 Å². The number of nitrogens with zero attached hydrogens (tertiary/aromatic N) is 1. The number of carbonyl (C=O) groups excluding carboxylic acids is 3. The van der Waals surface area contributed by atoms with Crippen LogP contribution in [-0.2, 0) is 14.4 Å². The van der Waals surface area contributed by atoms with E-state index in [9.17, 15) is 14.4 Å². The first-order chi connectivity index (χ1) is 9.95. The van der Waals surface area contributed by atoms with Crippen LogP contribution in [0.1, 0.15) is 26.2 Å². The molecule has 0 saturated carbocycles. The predicted molar refractivity (Wildman–Crippen MR) is 80.4 cm³/mol. The molecule has 2 aliphatic heterocycles. The van der Waals surface area contributed by atoms with Gasteiger partial charge in [0.1, 0.15) is 12.1 Å². The van der Waals surface area contributed by atoms with E-state index < -0.39 is 18.0 Å². The second-order valence-electron chi connectivity index (χ2n) is 5.43. The summed E-state index contributed by atoms with van der Waals surface area (Å²) in [5.41, 5.74) is 5.39. The molecule has 4 unspecified atom stereocenters. The highest BCUT2D eigenvalue weighted by Gasteiger charge is 2.44. The molecule has 0 aromatic rings. The predicted octanol–water partition coefficient (Wildman–Crippen LogP) is -0.982. The van der Waals surface area contributed by atoms with Crippen LogP contribution >= 0.6 is 11.8 Å². The molecule has 4 atom stereocenters. The maximum atomic E-state index is 12.7. The van der Waals surface area contributed by atoms with Crippen molar-refractivity contribution < 1.29 is 14.4 Å². The molecule has 2 heterocycles. The van der Waals surface area contributed by atoms with Gasteiger partial charge < -0.3 is 21.3 Å². The Balaban J connectivity index is 2.12. The number of thioether (sulfide) groups is 1. The highest BCUT2D eigenvalue weighted by Crippen LogP contribution is 2.35. The van der Waals surface area contributed by atoms with Gasteiger partial charge in [0.25, 0.3) is 0 Å². The van der Waals surface area contributed by atoms with E-state index in [1.165, 1.54) is 0 Å². The van der Waals surface area contributed by atoms with Gasteiger partial charge in [-0.2, -0.15) is 0 Å². The highest BCUT2D eigenvalue weighted by molar-refractivity contribution is 7.99. The van der Waals surface area contributed by atoms with Crippen molar-refractivity contribution in [1.29, 1.82) is 0 Å². The standard InChI is InChI=1S/C13H22N4O3S/c1-7(15-2)12(19)16-8-5-6-21-10-4-3-9(11(14)18)17(10)13(8)20/h7-10,15H,3-6H2,1-2H3,(H2,14,18)(H,16,19). The fraction of sp³-hybridized carbons (Fsp3) is 0.769. The number of hydrogen-bond donors (Lipinski definition) is 3. The van der Waals surface area contributed by atoms with Crippen molar-refractivity contribution in [2.24, 2.45) is 5.73 Å². The second kappa shape index (κ2) is 6.65. The first-order valence-electron chi connectivity index (χ1n) is 7.16. The minimum atomic E-state index is -0.578. The fourth-order valence-corrected chi connectivity index (χ4v) is 4.06. The van der Waals surface area contributed by atoms with Gasteiger partial charge in [-0.15, -0.1) is 11.8 Å². The van der Waals surface area contributed by atoms with Crippen molar-refractivity contribution in [2.75, 3.05) is 12.8 Å². The molecule has 3 amide bonds. The highest BCUT2D eigenvalue weighted by atomic mass is 32.2. The Labute approximate surface area is 128 Å². The molecule has 2 fully saturated rings. The third kappa shape index (κ3) is 3.32. The van der Waals surface area contributed by atoms with Crippen LogP contribution in [-0.4, -0.2) is 58.9 Å². The zero-order chi connectivity index (χ0) is 15.6. The van der Waals surface area contributed by atoms with Gasteiger partial charge in [-0.1, -0.05) is 0 Å². The van der Waals surface area contributed by atoms with E-state index in [1.807, 2.05) is 0 Å². The molecule has 0 bridgehead atoms. The van der Waals surface area contributed by atoms with Crippen LogP contribution < -0.4 is 16.4 Å². The van der Waals surface area contributed by atoms with Crippen molar-refractivity contribution >= 4 is 29.5 Å². The summed E-state index contributed by atoms with van der Waals surface area (Å²) in [6, 6.07) is -1.49. The molecule has 0 spiro atoms. The summed E-state index contributed by atoms with van der Waals surface area (Å²) < 4.78 is 0. The summed E-state index contributed by atoms with van der Waals surface area (Å²) in [5.74, 6) is -0.101. The van der Waals surface area contributed by atoms with Gasteiger partial charge in [0.15, 0.2) is 0 Å². The van der Waals surface area contributed by atoms with Crippen LogP contribution in [0.15, 0.2) is 0 Å². The lowest BCUT2D eigenvalue weighted by atomic mass is 10.1. The van der Waals surface area contributed by atoms with Gasteiger partial charge in [-0.25, -0.2) is 0 Å². The van der Waals surface area contributed by atoms with Crippen LogP contribution in [0.25, 0.3) is 0 Å². The number of fused-ring (bicyclic) bond motifs is 1. The average molecular weight is 314 g/mol. The Kier molecular flexibility index (Phi) is 5.10. The molecule has 0 aromatic heterocycles. The smallest absolute Gasteiger partial charge is 0.246 e. The third-order valence-corrected chi connectivity index (χ3v) is 5.39. The molecule has 21 heavy (non-hydrogen) atoms. The normalized spacial score (nSPS) is 30.5. The van der Waals surface area contributed by atoms with Crippen LogP contribution in [0.4, 0.5) is 0 Å². The summed E-state index contributed by atoms with van der Waals surface area (Å²) in [6.45, 7) is 1.73. The molecule has 8 heteroatoms. The van der Waals surface area contributed by atoms with Crippen LogP contribution in [0, 0.1) is 0 Å². The zero-order valence-corrected chi connectivity index (χ0v) is 13.1. The number of hydrogen-bond acceptors (Lipinski definition) is 5. The van der Waals surface area contributed by atoms with E-state index >= 15 is 0 Å². The molecule has 7 nitrogen and oxygen atoms in total. The minimum absolute atomic E-state index is 0.00127. The minimum Gasteiger partial charge on any atom is -0.368 e. The third-order valence-electron chi connectivity index (χ3n) is 4.07. The lowest BCUT2D eigenvalue weighted by molar-refractivity contribution is -0.141. The Morgan fingerprint density at radius 1 is 1.38 bits per heavy atom. The molecule has 2 rings (SSSR count). The van der Waals surface area contributed by atoms with Crippen molar-refractivity contribution in [3.8, 4) is 0 Å². The Hall–Kier alpha value is -1.28. The maximum absolute atomic E-state index is 12.7. The molecule has 0 radical (unpaired) electrons. The monoisotopic (exact) mass is 314 g/mol. The van der Waals surface area contributed by atoms with Gasteiger partial charge in [-0.3, -0.25) is 14.4 Å². The second-order valence-corrected chi connectivity index (χ2v) is 6.71. The largest absolute Gasteiger partial charge is 0.368 e. The van der Waals surface area contributed by atoms with E-state index in [4.69, 9.17) is 5.73 Å². The van der Waals surface area contributed by atoms with Gasteiger partial charge in [0.2, 0.25) is 17.7 Å². The van der Waals surface area contributed by atoms with E-state index in [-0.39, 0.29) is 23.2 Å².